The molecule has 152 valence electrons. The van der Waals surface area contributed by atoms with Gasteiger partial charge in [0, 0.05) is 23.3 Å². The van der Waals surface area contributed by atoms with Crippen LogP contribution in [0, 0.1) is 10.1 Å². The van der Waals surface area contributed by atoms with Crippen LogP contribution in [-0.2, 0) is 9.53 Å². The van der Waals surface area contributed by atoms with E-state index in [1.54, 1.807) is 19.1 Å². The number of aliphatic imine (C=N–C) groups is 1. The highest BCUT2D eigenvalue weighted by atomic mass is 16.6. The minimum atomic E-state index is -0.798. The van der Waals surface area contributed by atoms with Gasteiger partial charge in [-0.15, -0.1) is 0 Å². The number of ether oxygens (including phenoxy) is 1. The number of hydrogen-bond acceptors (Lipinski definition) is 7. The molecule has 8 heteroatoms. The number of nitro benzene ring substituents is 1. The Morgan fingerprint density at radius 2 is 1.87 bits per heavy atom. The fourth-order valence-corrected chi connectivity index (χ4v) is 2.84. The first-order chi connectivity index (χ1) is 14.4. The minimum absolute atomic E-state index is 0.0573. The van der Waals surface area contributed by atoms with Crippen LogP contribution in [0.5, 0.6) is 0 Å². The number of allylic oxidation sites excluding steroid dienone is 1. The second-order valence-corrected chi connectivity index (χ2v) is 6.29. The molecule has 0 saturated carbocycles. The second-order valence-electron chi connectivity index (χ2n) is 6.29. The van der Waals surface area contributed by atoms with Crippen molar-refractivity contribution >= 4 is 29.3 Å². The number of carbonyl (C=O) groups is 1. The van der Waals surface area contributed by atoms with Crippen molar-refractivity contribution in [2.45, 2.75) is 6.92 Å². The summed E-state index contributed by atoms with van der Waals surface area (Å²) in [5.41, 5.74) is 7.73. The summed E-state index contributed by atoms with van der Waals surface area (Å²) in [4.78, 5) is 27.1. The van der Waals surface area contributed by atoms with Crippen LogP contribution in [0.4, 0.5) is 5.69 Å². The van der Waals surface area contributed by atoms with Gasteiger partial charge in [0.2, 0.25) is 0 Å². The van der Waals surface area contributed by atoms with Gasteiger partial charge < -0.3 is 15.6 Å². The van der Waals surface area contributed by atoms with Crippen molar-refractivity contribution in [2.24, 2.45) is 10.7 Å². The van der Waals surface area contributed by atoms with Crippen molar-refractivity contribution in [1.29, 1.82) is 0 Å². The number of carbonyl (C=O) groups excluding carboxylic acids is 1. The second kappa shape index (κ2) is 8.87. The first kappa shape index (κ1) is 20.5. The molecule has 30 heavy (non-hydrogen) atoms. The SMILES string of the molecule is CCOC(=O)C1=C(O)C(=Cc2ccc([N+](=O)[O-])cc2)C=C(c2ccccc2)N=C1N. The van der Waals surface area contributed by atoms with Crippen LogP contribution in [0.2, 0.25) is 0 Å². The smallest absolute Gasteiger partial charge is 0.345 e. The number of amidine groups is 1. The first-order valence-electron chi connectivity index (χ1n) is 9.09. The maximum atomic E-state index is 12.4. The summed E-state index contributed by atoms with van der Waals surface area (Å²) in [6, 6.07) is 14.9. The van der Waals surface area contributed by atoms with Crippen LogP contribution >= 0.6 is 0 Å². The molecule has 0 saturated heterocycles. The lowest BCUT2D eigenvalue weighted by Crippen LogP contribution is -2.24. The lowest BCUT2D eigenvalue weighted by molar-refractivity contribution is -0.384. The van der Waals surface area contributed by atoms with Gasteiger partial charge in [-0.1, -0.05) is 30.3 Å². The third kappa shape index (κ3) is 4.44. The first-order valence-corrected chi connectivity index (χ1v) is 9.09. The van der Waals surface area contributed by atoms with E-state index in [0.717, 1.165) is 5.56 Å². The molecule has 1 aliphatic heterocycles. The highest BCUT2D eigenvalue weighted by Crippen LogP contribution is 2.28. The molecule has 0 amide bonds. The third-order valence-electron chi connectivity index (χ3n) is 4.27. The molecule has 3 N–H and O–H groups in total. The van der Waals surface area contributed by atoms with E-state index in [0.29, 0.717) is 11.3 Å². The molecule has 0 spiro atoms. The maximum absolute atomic E-state index is 12.4. The average molecular weight is 405 g/mol. The minimum Gasteiger partial charge on any atom is -0.506 e. The number of nitro groups is 1. The molecule has 8 nitrogen and oxygen atoms in total. The largest absolute Gasteiger partial charge is 0.506 e. The van der Waals surface area contributed by atoms with E-state index < -0.39 is 10.9 Å². The van der Waals surface area contributed by atoms with E-state index in [1.807, 2.05) is 30.3 Å². The molecule has 1 aliphatic rings. The van der Waals surface area contributed by atoms with Crippen molar-refractivity contribution in [3.63, 3.8) is 0 Å². The zero-order chi connectivity index (χ0) is 21.7. The number of nitrogens with two attached hydrogens (primary N) is 1. The molecule has 0 atom stereocenters. The Labute approximate surface area is 172 Å². The molecule has 1 heterocycles. The standard InChI is InChI=1S/C22H19N3O5/c1-2-30-22(27)19-20(26)16(12-14-8-10-17(11-9-14)25(28)29)13-18(24-21(19)23)15-6-4-3-5-7-15/h3-13,26H,2H2,1H3,(H2,23,24). The Kier molecular flexibility index (Phi) is 6.07. The summed E-state index contributed by atoms with van der Waals surface area (Å²) >= 11 is 0. The maximum Gasteiger partial charge on any atom is 0.345 e. The van der Waals surface area contributed by atoms with E-state index in [-0.39, 0.29) is 35.0 Å². The fraction of sp³-hybridized carbons (Fsp3) is 0.0909. The number of hydrogen-bond donors (Lipinski definition) is 2. The monoisotopic (exact) mass is 405 g/mol. The quantitative estimate of drug-likeness (QED) is 0.443. The van der Waals surface area contributed by atoms with E-state index in [9.17, 15) is 20.0 Å². The van der Waals surface area contributed by atoms with Crippen LogP contribution in [0.3, 0.4) is 0 Å². The van der Waals surface area contributed by atoms with E-state index in [4.69, 9.17) is 10.5 Å². The molecule has 0 unspecified atom stereocenters. The highest BCUT2D eigenvalue weighted by Gasteiger charge is 2.25. The van der Waals surface area contributed by atoms with Crippen molar-refractivity contribution in [1.82, 2.24) is 0 Å². The Bertz CT molecular complexity index is 1100. The Morgan fingerprint density at radius 1 is 1.20 bits per heavy atom. The summed E-state index contributed by atoms with van der Waals surface area (Å²) < 4.78 is 5.02. The van der Waals surface area contributed by atoms with Gasteiger partial charge in [0.05, 0.1) is 17.2 Å². The Morgan fingerprint density at radius 3 is 2.47 bits per heavy atom. The predicted octanol–water partition coefficient (Wildman–Crippen LogP) is 3.77. The molecule has 2 aromatic carbocycles. The molecule has 2 aromatic rings. The van der Waals surface area contributed by atoms with Crippen LogP contribution in [0.25, 0.3) is 11.8 Å². The summed E-state index contributed by atoms with van der Waals surface area (Å²) in [5, 5.41) is 21.7. The summed E-state index contributed by atoms with van der Waals surface area (Å²) in [7, 11) is 0. The summed E-state index contributed by atoms with van der Waals surface area (Å²) in [6.45, 7) is 1.74. The van der Waals surface area contributed by atoms with Gasteiger partial charge in [-0.2, -0.15) is 0 Å². The van der Waals surface area contributed by atoms with E-state index in [2.05, 4.69) is 4.99 Å². The number of esters is 1. The Balaban J connectivity index is 2.16. The molecule has 0 aliphatic carbocycles. The van der Waals surface area contributed by atoms with Gasteiger partial charge in [-0.05, 0) is 36.8 Å². The van der Waals surface area contributed by atoms with Crippen LogP contribution < -0.4 is 5.73 Å². The van der Waals surface area contributed by atoms with Gasteiger partial charge in [0.15, 0.2) is 0 Å². The Hall–Kier alpha value is -4.20. The van der Waals surface area contributed by atoms with Gasteiger partial charge in [-0.3, -0.25) is 10.1 Å². The molecular weight excluding hydrogens is 386 g/mol. The third-order valence-corrected chi connectivity index (χ3v) is 4.27. The van der Waals surface area contributed by atoms with Crippen LogP contribution in [0.15, 0.2) is 82.6 Å². The van der Waals surface area contributed by atoms with E-state index >= 15 is 0 Å². The number of non-ortho nitro benzene ring substituents is 1. The summed E-state index contributed by atoms with van der Waals surface area (Å²) in [6.07, 6.45) is 3.17. The average Bonchev–Trinajstić information content (AvgIpc) is 2.85. The molecule has 0 fully saturated rings. The zero-order valence-corrected chi connectivity index (χ0v) is 16.1. The number of nitrogens with zero attached hydrogens (tertiary/aromatic N) is 2. The highest BCUT2D eigenvalue weighted by molar-refractivity contribution is 6.21. The lowest BCUT2D eigenvalue weighted by Gasteiger charge is -2.08. The summed E-state index contributed by atoms with van der Waals surface area (Å²) in [5.74, 6) is -1.36. The number of benzene rings is 2. The molecular formula is C22H19N3O5. The van der Waals surface area contributed by atoms with Crippen molar-refractivity contribution in [2.75, 3.05) is 6.61 Å². The van der Waals surface area contributed by atoms with Gasteiger partial charge in [-0.25, -0.2) is 9.79 Å². The lowest BCUT2D eigenvalue weighted by atomic mass is 10.0. The predicted molar refractivity (Wildman–Crippen MR) is 113 cm³/mol. The van der Waals surface area contributed by atoms with Gasteiger partial charge in [0.1, 0.15) is 17.2 Å². The number of aliphatic hydroxyl groups is 1. The van der Waals surface area contributed by atoms with Crippen LogP contribution in [0.1, 0.15) is 18.1 Å². The fourth-order valence-electron chi connectivity index (χ4n) is 2.84. The number of aliphatic hydroxyl groups excluding tert-OH is 1. The normalized spacial score (nSPS) is 15.3. The molecule has 0 radical (unpaired) electrons. The van der Waals surface area contributed by atoms with Gasteiger partial charge >= 0.3 is 5.97 Å². The van der Waals surface area contributed by atoms with E-state index in [1.165, 1.54) is 24.3 Å². The van der Waals surface area contributed by atoms with Crippen LogP contribution in [-0.4, -0.2) is 28.4 Å². The molecule has 0 aromatic heterocycles. The van der Waals surface area contributed by atoms with Crippen molar-refractivity contribution in [3.8, 4) is 0 Å². The molecule has 0 bridgehead atoms. The van der Waals surface area contributed by atoms with Gasteiger partial charge in [0.25, 0.3) is 5.69 Å². The van der Waals surface area contributed by atoms with Crippen molar-refractivity contribution < 1.29 is 19.6 Å². The van der Waals surface area contributed by atoms with Crippen molar-refractivity contribution in [3.05, 3.63) is 98.8 Å². The zero-order valence-electron chi connectivity index (χ0n) is 16.1. The number of rotatable bonds is 5. The molecule has 3 rings (SSSR count). The topological polar surface area (TPSA) is 128 Å².